The number of ether oxygens (including phenoxy) is 1. The Labute approximate surface area is 117 Å². The van der Waals surface area contributed by atoms with E-state index < -0.39 is 0 Å². The van der Waals surface area contributed by atoms with Gasteiger partial charge in [0.15, 0.2) is 0 Å². The minimum absolute atomic E-state index is 0.0203. The zero-order chi connectivity index (χ0) is 13.3. The van der Waals surface area contributed by atoms with Gasteiger partial charge >= 0.3 is 0 Å². The molecule has 0 bridgehead atoms. The second kappa shape index (κ2) is 4.94. The van der Waals surface area contributed by atoms with Crippen LogP contribution in [0.4, 0.5) is 0 Å². The monoisotopic (exact) mass is 274 g/mol. The topological polar surface area (TPSA) is 34.2 Å². The summed E-state index contributed by atoms with van der Waals surface area (Å²) in [7, 11) is 3.75. The largest absolute Gasteiger partial charge is 0.497 e. The summed E-state index contributed by atoms with van der Waals surface area (Å²) in [6.45, 7) is 0. The van der Waals surface area contributed by atoms with E-state index in [1.165, 1.54) is 16.1 Å². The molecule has 1 aromatic heterocycles. The van der Waals surface area contributed by atoms with Crippen molar-refractivity contribution in [3.8, 4) is 5.75 Å². The molecular weight excluding hydrogens is 256 g/mol. The van der Waals surface area contributed by atoms with Crippen LogP contribution in [0.3, 0.4) is 0 Å². The number of likely N-dealkylation sites (N-methyl/N-ethyl adjacent to an activating group) is 1. The quantitative estimate of drug-likeness (QED) is 0.934. The molecule has 100 valence electrons. The molecule has 1 unspecified atom stereocenters. The average Bonchev–Trinajstić information content (AvgIpc) is 3.00. The Kier molecular flexibility index (Phi) is 3.29. The summed E-state index contributed by atoms with van der Waals surface area (Å²) in [4.78, 5) is 4.52. The van der Waals surface area contributed by atoms with Gasteiger partial charge in [-0.1, -0.05) is 6.07 Å². The maximum Gasteiger partial charge on any atom is 0.119 e. The lowest BCUT2D eigenvalue weighted by Crippen LogP contribution is -2.44. The highest BCUT2D eigenvalue weighted by Crippen LogP contribution is 2.38. The van der Waals surface area contributed by atoms with E-state index in [2.05, 4.69) is 33.9 Å². The smallest absolute Gasteiger partial charge is 0.119 e. The van der Waals surface area contributed by atoms with Gasteiger partial charge in [0.1, 0.15) is 10.8 Å². The number of aromatic nitrogens is 1. The van der Waals surface area contributed by atoms with Crippen molar-refractivity contribution in [2.75, 3.05) is 14.2 Å². The summed E-state index contributed by atoms with van der Waals surface area (Å²) < 4.78 is 5.34. The number of hydrogen-bond acceptors (Lipinski definition) is 4. The lowest BCUT2D eigenvalue weighted by Gasteiger charge is -2.36. The zero-order valence-corrected chi connectivity index (χ0v) is 12.1. The van der Waals surface area contributed by atoms with Gasteiger partial charge in [0.2, 0.25) is 0 Å². The molecule has 1 atom stereocenters. The lowest BCUT2D eigenvalue weighted by molar-refractivity contribution is 0.312. The van der Waals surface area contributed by atoms with Crippen molar-refractivity contribution >= 4 is 11.3 Å². The van der Waals surface area contributed by atoms with E-state index in [9.17, 15) is 0 Å². The van der Waals surface area contributed by atoms with Crippen molar-refractivity contribution < 1.29 is 4.74 Å². The van der Waals surface area contributed by atoms with Gasteiger partial charge in [0.05, 0.1) is 12.6 Å². The van der Waals surface area contributed by atoms with Gasteiger partial charge in [-0.25, -0.2) is 4.98 Å². The van der Waals surface area contributed by atoms with Crippen LogP contribution in [0.2, 0.25) is 0 Å². The fraction of sp³-hybridized carbons (Fsp3) is 0.400. The summed E-state index contributed by atoms with van der Waals surface area (Å²) in [5, 5.41) is 6.74. The van der Waals surface area contributed by atoms with E-state index in [1.807, 2.05) is 13.2 Å². The van der Waals surface area contributed by atoms with Crippen molar-refractivity contribution in [3.05, 3.63) is 45.9 Å². The molecule has 0 saturated heterocycles. The first kappa shape index (κ1) is 12.6. The molecule has 0 fully saturated rings. The Morgan fingerprint density at radius 2 is 2.26 bits per heavy atom. The van der Waals surface area contributed by atoms with E-state index in [1.54, 1.807) is 18.4 Å². The van der Waals surface area contributed by atoms with Crippen LogP contribution in [0, 0.1) is 0 Å². The maximum atomic E-state index is 5.34. The van der Waals surface area contributed by atoms with E-state index in [0.29, 0.717) is 0 Å². The molecular formula is C15H18N2OS. The van der Waals surface area contributed by atoms with Crippen LogP contribution in [0.1, 0.15) is 22.6 Å². The number of fused-ring (bicyclic) bond motifs is 1. The van der Waals surface area contributed by atoms with Crippen molar-refractivity contribution in [1.82, 2.24) is 10.3 Å². The summed E-state index contributed by atoms with van der Waals surface area (Å²) >= 11 is 1.73. The molecule has 1 aliphatic carbocycles. The van der Waals surface area contributed by atoms with Gasteiger partial charge < -0.3 is 10.1 Å². The highest BCUT2D eigenvalue weighted by molar-refractivity contribution is 7.09. The minimum atomic E-state index is -0.0203. The Bertz CT molecular complexity index is 568. The maximum absolute atomic E-state index is 5.34. The lowest BCUT2D eigenvalue weighted by atomic mass is 9.78. The van der Waals surface area contributed by atoms with Gasteiger partial charge in [-0.05, 0) is 49.6 Å². The number of nitrogens with zero attached hydrogens (tertiary/aromatic N) is 1. The molecule has 0 spiro atoms. The van der Waals surface area contributed by atoms with Crippen LogP contribution in [-0.2, 0) is 18.4 Å². The van der Waals surface area contributed by atoms with E-state index in [-0.39, 0.29) is 5.54 Å². The Morgan fingerprint density at radius 1 is 1.37 bits per heavy atom. The molecule has 0 radical (unpaired) electrons. The highest BCUT2D eigenvalue weighted by atomic mass is 32.1. The Balaban J connectivity index is 1.99. The van der Waals surface area contributed by atoms with Gasteiger partial charge in [-0.2, -0.15) is 0 Å². The summed E-state index contributed by atoms with van der Waals surface area (Å²) in [5.41, 5.74) is 2.78. The van der Waals surface area contributed by atoms with Crippen molar-refractivity contribution in [2.24, 2.45) is 0 Å². The molecule has 1 aromatic carbocycles. The summed E-state index contributed by atoms with van der Waals surface area (Å²) in [6, 6.07) is 6.40. The average molecular weight is 274 g/mol. The van der Waals surface area contributed by atoms with Gasteiger partial charge in [-0.3, -0.25) is 0 Å². The Morgan fingerprint density at radius 3 is 2.95 bits per heavy atom. The predicted molar refractivity (Wildman–Crippen MR) is 77.9 cm³/mol. The summed E-state index contributed by atoms with van der Waals surface area (Å²) in [6.07, 6.45) is 5.04. The number of rotatable bonds is 3. The Hall–Kier alpha value is -1.39. The standard InChI is InChI=1S/C15H18N2OS/c1-16-15(14-17-7-8-19-14)6-5-11-3-4-13(18-2)9-12(11)10-15/h3-4,7-9,16H,5-6,10H2,1-2H3. The first-order chi connectivity index (χ1) is 9.27. The van der Waals surface area contributed by atoms with Crippen LogP contribution >= 0.6 is 11.3 Å². The fourth-order valence-corrected chi connectivity index (χ4v) is 3.74. The predicted octanol–water partition coefficient (Wildman–Crippen LogP) is 2.76. The van der Waals surface area contributed by atoms with E-state index >= 15 is 0 Å². The van der Waals surface area contributed by atoms with Crippen LogP contribution in [0.25, 0.3) is 0 Å². The number of benzene rings is 1. The molecule has 1 heterocycles. The highest BCUT2D eigenvalue weighted by Gasteiger charge is 2.36. The minimum Gasteiger partial charge on any atom is -0.497 e. The molecule has 1 aliphatic rings. The van der Waals surface area contributed by atoms with Crippen molar-refractivity contribution in [3.63, 3.8) is 0 Å². The number of thiazole rings is 1. The molecule has 3 rings (SSSR count). The third-order valence-electron chi connectivity index (χ3n) is 4.05. The van der Waals surface area contributed by atoms with Crippen LogP contribution in [-0.4, -0.2) is 19.1 Å². The second-order valence-electron chi connectivity index (χ2n) is 4.98. The molecule has 4 heteroatoms. The number of methoxy groups -OCH3 is 1. The normalized spacial score (nSPS) is 22.0. The third-order valence-corrected chi connectivity index (χ3v) is 5.02. The van der Waals surface area contributed by atoms with Crippen molar-refractivity contribution in [2.45, 2.75) is 24.8 Å². The number of nitrogens with one attached hydrogen (secondary N) is 1. The van der Waals surface area contributed by atoms with Crippen LogP contribution < -0.4 is 10.1 Å². The molecule has 2 aromatic rings. The first-order valence-electron chi connectivity index (χ1n) is 6.52. The number of hydrogen-bond donors (Lipinski definition) is 1. The number of aryl methyl sites for hydroxylation is 1. The third kappa shape index (κ3) is 2.15. The molecule has 3 nitrogen and oxygen atoms in total. The fourth-order valence-electron chi connectivity index (χ4n) is 2.86. The first-order valence-corrected chi connectivity index (χ1v) is 7.40. The summed E-state index contributed by atoms with van der Waals surface area (Å²) in [5.74, 6) is 0.935. The van der Waals surface area contributed by atoms with Crippen molar-refractivity contribution in [1.29, 1.82) is 0 Å². The van der Waals surface area contributed by atoms with Gasteiger partial charge in [-0.15, -0.1) is 11.3 Å². The zero-order valence-electron chi connectivity index (χ0n) is 11.3. The van der Waals surface area contributed by atoms with Crippen LogP contribution in [0.15, 0.2) is 29.8 Å². The molecule has 19 heavy (non-hydrogen) atoms. The van der Waals surface area contributed by atoms with E-state index in [0.717, 1.165) is 25.0 Å². The SMILES string of the molecule is CNC1(c2nccs2)CCc2ccc(OC)cc2C1. The van der Waals surface area contributed by atoms with E-state index in [4.69, 9.17) is 4.74 Å². The van der Waals surface area contributed by atoms with Gasteiger partial charge in [0.25, 0.3) is 0 Å². The second-order valence-corrected chi connectivity index (χ2v) is 5.88. The van der Waals surface area contributed by atoms with Gasteiger partial charge in [0, 0.05) is 11.6 Å². The van der Waals surface area contributed by atoms with Crippen LogP contribution in [0.5, 0.6) is 5.75 Å². The molecule has 1 N–H and O–H groups in total. The molecule has 0 amide bonds. The molecule has 0 saturated carbocycles. The molecule has 0 aliphatic heterocycles.